The second-order valence-electron chi connectivity index (χ2n) is 8.13. The van der Waals surface area contributed by atoms with Crippen LogP contribution in [0.5, 0.6) is 11.5 Å². The van der Waals surface area contributed by atoms with E-state index >= 15 is 0 Å². The number of ether oxygens (including phenoxy) is 2. The number of methoxy groups -OCH3 is 2. The summed E-state index contributed by atoms with van der Waals surface area (Å²) < 4.78 is 10.8. The van der Waals surface area contributed by atoms with E-state index in [0.29, 0.717) is 27.6 Å². The molecule has 0 aliphatic carbocycles. The van der Waals surface area contributed by atoms with E-state index in [0.717, 1.165) is 40.7 Å². The number of carbonyl (C=O) groups excluding carboxylic acids is 1. The normalized spacial score (nSPS) is 12.3. The number of anilines is 2. The zero-order valence-electron chi connectivity index (χ0n) is 19.4. The summed E-state index contributed by atoms with van der Waals surface area (Å²) in [5.74, 6) is 1.21. The Morgan fingerprint density at radius 3 is 2.17 bits per heavy atom. The van der Waals surface area contributed by atoms with Crippen LogP contribution < -0.4 is 14.4 Å². The standard InChI is InChI=1S/C28H23N3O3S/c1-33-25-14-20-13-21(16-29)28(30-22(20)15-26(25)34-2)35-17-27(32)31-23-9-5-3-7-18(23)11-12-19-8-4-6-10-24(19)31/h3-10,13-15H,11-12,17H2,1-2H3. The van der Waals surface area contributed by atoms with Crippen molar-refractivity contribution in [3.63, 3.8) is 0 Å². The van der Waals surface area contributed by atoms with Crippen molar-refractivity contribution in [2.45, 2.75) is 17.9 Å². The van der Waals surface area contributed by atoms with Crippen molar-refractivity contribution >= 4 is 39.9 Å². The zero-order chi connectivity index (χ0) is 24.4. The minimum Gasteiger partial charge on any atom is -0.493 e. The first kappa shape index (κ1) is 22.8. The van der Waals surface area contributed by atoms with Crippen LogP contribution in [-0.4, -0.2) is 30.9 Å². The minimum absolute atomic E-state index is 0.0603. The SMILES string of the molecule is COc1cc2cc(C#N)c(SCC(=O)N3c4ccccc4CCc4ccccc43)nc2cc1OC. The molecule has 3 aromatic carbocycles. The Labute approximate surface area is 208 Å². The Balaban J connectivity index is 1.49. The van der Waals surface area contributed by atoms with E-state index < -0.39 is 0 Å². The first-order valence-electron chi connectivity index (χ1n) is 11.2. The number of benzene rings is 3. The lowest BCUT2D eigenvalue weighted by atomic mass is 10.0. The maximum Gasteiger partial charge on any atom is 0.241 e. The Hall–Kier alpha value is -4.02. The maximum atomic E-state index is 13.7. The average Bonchev–Trinajstić information content (AvgIpc) is 3.07. The number of aryl methyl sites for hydroxylation is 2. The van der Waals surface area contributed by atoms with Crippen LogP contribution in [0.25, 0.3) is 10.9 Å². The van der Waals surface area contributed by atoms with Crippen LogP contribution in [0.15, 0.2) is 71.8 Å². The Morgan fingerprint density at radius 2 is 1.57 bits per heavy atom. The van der Waals surface area contributed by atoms with Crippen molar-refractivity contribution in [3.8, 4) is 17.6 Å². The van der Waals surface area contributed by atoms with Crippen molar-refractivity contribution < 1.29 is 14.3 Å². The van der Waals surface area contributed by atoms with Crippen molar-refractivity contribution in [2.75, 3.05) is 24.9 Å². The molecular formula is C28H23N3O3S. The molecule has 1 aliphatic rings. The Morgan fingerprint density at radius 1 is 0.971 bits per heavy atom. The number of nitrogens with zero attached hydrogens (tertiary/aromatic N) is 3. The Kier molecular flexibility index (Phi) is 6.30. The van der Waals surface area contributed by atoms with Crippen molar-refractivity contribution in [2.24, 2.45) is 0 Å². The quantitative estimate of drug-likeness (QED) is 0.342. The molecule has 0 N–H and O–H groups in total. The molecule has 6 nitrogen and oxygen atoms in total. The van der Waals surface area contributed by atoms with Gasteiger partial charge in [0.2, 0.25) is 5.91 Å². The molecule has 2 heterocycles. The zero-order valence-corrected chi connectivity index (χ0v) is 20.3. The lowest BCUT2D eigenvalue weighted by molar-refractivity contribution is -0.115. The van der Waals surface area contributed by atoms with E-state index in [2.05, 4.69) is 23.2 Å². The summed E-state index contributed by atoms with van der Waals surface area (Å²) in [5, 5.41) is 11.0. The van der Waals surface area contributed by atoms with Crippen LogP contribution in [0.2, 0.25) is 0 Å². The van der Waals surface area contributed by atoms with Crippen LogP contribution in [0.1, 0.15) is 16.7 Å². The molecule has 4 aromatic rings. The van der Waals surface area contributed by atoms with Crippen LogP contribution in [-0.2, 0) is 17.6 Å². The van der Waals surface area contributed by atoms with Gasteiger partial charge in [-0.2, -0.15) is 5.26 Å². The summed E-state index contributed by atoms with van der Waals surface area (Å²) in [4.78, 5) is 20.2. The minimum atomic E-state index is -0.0603. The predicted molar refractivity (Wildman–Crippen MR) is 138 cm³/mol. The van der Waals surface area contributed by atoms with Gasteiger partial charge >= 0.3 is 0 Å². The molecule has 1 aliphatic heterocycles. The molecular weight excluding hydrogens is 458 g/mol. The molecule has 0 spiro atoms. The number of pyridine rings is 1. The smallest absolute Gasteiger partial charge is 0.241 e. The van der Waals surface area contributed by atoms with Crippen molar-refractivity contribution in [1.82, 2.24) is 4.98 Å². The summed E-state index contributed by atoms with van der Waals surface area (Å²) in [7, 11) is 3.13. The van der Waals surface area contributed by atoms with Gasteiger partial charge in [-0.15, -0.1) is 0 Å². The third kappa shape index (κ3) is 4.29. The molecule has 5 rings (SSSR count). The summed E-state index contributed by atoms with van der Waals surface area (Å²) in [6, 6.07) is 23.6. The number of hydrogen-bond donors (Lipinski definition) is 0. The number of hydrogen-bond acceptors (Lipinski definition) is 6. The van der Waals surface area contributed by atoms with Gasteiger partial charge in [-0.1, -0.05) is 48.2 Å². The van der Waals surface area contributed by atoms with Gasteiger partial charge in [0.1, 0.15) is 11.1 Å². The fourth-order valence-corrected chi connectivity index (χ4v) is 5.23. The molecule has 35 heavy (non-hydrogen) atoms. The first-order chi connectivity index (χ1) is 17.1. The number of nitriles is 1. The largest absolute Gasteiger partial charge is 0.493 e. The van der Waals surface area contributed by atoms with Crippen LogP contribution >= 0.6 is 11.8 Å². The molecule has 0 bridgehead atoms. The number of rotatable bonds is 5. The van der Waals surface area contributed by atoms with Gasteiger partial charge in [0, 0.05) is 11.5 Å². The number of fused-ring (bicyclic) bond motifs is 3. The van der Waals surface area contributed by atoms with E-state index in [1.54, 1.807) is 32.4 Å². The molecule has 1 aromatic heterocycles. The number of para-hydroxylation sites is 2. The summed E-state index contributed by atoms with van der Waals surface area (Å²) in [6.07, 6.45) is 1.75. The Bertz CT molecular complexity index is 1430. The summed E-state index contributed by atoms with van der Waals surface area (Å²) >= 11 is 1.27. The highest BCUT2D eigenvalue weighted by Gasteiger charge is 2.26. The van der Waals surface area contributed by atoms with E-state index in [1.807, 2.05) is 41.3 Å². The van der Waals surface area contributed by atoms with Crippen molar-refractivity contribution in [3.05, 3.63) is 83.4 Å². The third-order valence-electron chi connectivity index (χ3n) is 6.12. The van der Waals surface area contributed by atoms with Crippen LogP contribution in [0.3, 0.4) is 0 Å². The second kappa shape index (κ2) is 9.69. The lowest BCUT2D eigenvalue weighted by Gasteiger charge is -2.25. The number of thioether (sulfide) groups is 1. The van der Waals surface area contributed by atoms with E-state index in [-0.39, 0.29) is 11.7 Å². The van der Waals surface area contributed by atoms with Gasteiger partial charge in [0.05, 0.1) is 42.4 Å². The summed E-state index contributed by atoms with van der Waals surface area (Å²) in [6.45, 7) is 0. The van der Waals surface area contributed by atoms with Gasteiger partial charge in [0.15, 0.2) is 11.5 Å². The highest BCUT2D eigenvalue weighted by Crippen LogP contribution is 2.38. The average molecular weight is 482 g/mol. The number of amides is 1. The predicted octanol–water partition coefficient (Wildman–Crippen LogP) is 5.68. The van der Waals surface area contributed by atoms with E-state index in [9.17, 15) is 10.1 Å². The van der Waals surface area contributed by atoms with Gasteiger partial charge in [-0.25, -0.2) is 4.98 Å². The number of carbonyl (C=O) groups is 1. The highest BCUT2D eigenvalue weighted by atomic mass is 32.2. The van der Waals surface area contributed by atoms with Crippen LogP contribution in [0.4, 0.5) is 11.4 Å². The van der Waals surface area contributed by atoms with Gasteiger partial charge in [-0.3, -0.25) is 9.69 Å². The molecule has 7 heteroatoms. The van der Waals surface area contributed by atoms with Gasteiger partial charge in [0.25, 0.3) is 0 Å². The third-order valence-corrected chi connectivity index (χ3v) is 7.09. The fraction of sp³-hybridized carbons (Fsp3) is 0.179. The fourth-order valence-electron chi connectivity index (χ4n) is 4.42. The van der Waals surface area contributed by atoms with E-state index in [4.69, 9.17) is 9.47 Å². The molecule has 0 saturated heterocycles. The monoisotopic (exact) mass is 481 g/mol. The number of aromatic nitrogens is 1. The van der Waals surface area contributed by atoms with E-state index in [1.165, 1.54) is 11.8 Å². The van der Waals surface area contributed by atoms with Gasteiger partial charge in [-0.05, 0) is 48.2 Å². The molecule has 0 unspecified atom stereocenters. The molecule has 0 fully saturated rings. The van der Waals surface area contributed by atoms with Crippen molar-refractivity contribution in [1.29, 1.82) is 5.26 Å². The first-order valence-corrected chi connectivity index (χ1v) is 12.2. The maximum absolute atomic E-state index is 13.7. The molecule has 0 atom stereocenters. The lowest BCUT2D eigenvalue weighted by Crippen LogP contribution is -2.28. The topological polar surface area (TPSA) is 75.5 Å². The van der Waals surface area contributed by atoms with Gasteiger partial charge < -0.3 is 9.47 Å². The molecule has 174 valence electrons. The molecule has 0 saturated carbocycles. The second-order valence-corrected chi connectivity index (χ2v) is 9.09. The van der Waals surface area contributed by atoms with Crippen LogP contribution in [0, 0.1) is 11.3 Å². The summed E-state index contributed by atoms with van der Waals surface area (Å²) in [5.41, 5.74) is 5.19. The molecule has 1 amide bonds. The molecule has 0 radical (unpaired) electrons. The highest BCUT2D eigenvalue weighted by molar-refractivity contribution is 8.00.